The second-order valence-corrected chi connectivity index (χ2v) is 7.88. The predicted octanol–water partition coefficient (Wildman–Crippen LogP) is 2.78. The van der Waals surface area contributed by atoms with Crippen LogP contribution in [0.5, 0.6) is 0 Å². The summed E-state index contributed by atoms with van der Waals surface area (Å²) in [6, 6.07) is 5.82. The first-order valence-corrected chi connectivity index (χ1v) is 10.7. The van der Waals surface area contributed by atoms with Crippen molar-refractivity contribution in [2.24, 2.45) is 7.05 Å². The second kappa shape index (κ2) is 9.87. The number of piperidine rings is 1. The Balaban J connectivity index is 1.68. The molecule has 158 valence electrons. The molecule has 0 bridgehead atoms. The molecule has 2 heterocycles. The number of imidazole rings is 1. The Morgan fingerprint density at radius 3 is 2.14 bits per heavy atom. The predicted molar refractivity (Wildman–Crippen MR) is 112 cm³/mol. The van der Waals surface area contributed by atoms with Gasteiger partial charge in [-0.1, -0.05) is 38.2 Å². The number of aliphatic hydroxyl groups excluding tert-OH is 1. The van der Waals surface area contributed by atoms with Crippen LogP contribution in [0.2, 0.25) is 0 Å². The SMILES string of the molecule is Cn1c(=O)n(N2C(=O)CCCC2=O)c2ccc(CCCCCCCCCO)cc21. The van der Waals surface area contributed by atoms with E-state index in [0.717, 1.165) is 48.2 Å². The number of nitrogens with zero attached hydrogens (tertiary/aromatic N) is 3. The minimum Gasteiger partial charge on any atom is -0.396 e. The fourth-order valence-electron chi connectivity index (χ4n) is 4.00. The lowest BCUT2D eigenvalue weighted by Crippen LogP contribution is -2.52. The van der Waals surface area contributed by atoms with E-state index >= 15 is 0 Å². The van der Waals surface area contributed by atoms with Gasteiger partial charge in [-0.2, -0.15) is 9.69 Å². The Labute approximate surface area is 170 Å². The Hall–Kier alpha value is -2.41. The summed E-state index contributed by atoms with van der Waals surface area (Å²) >= 11 is 0. The van der Waals surface area contributed by atoms with Crippen molar-refractivity contribution in [2.75, 3.05) is 11.6 Å². The van der Waals surface area contributed by atoms with E-state index in [9.17, 15) is 14.4 Å². The number of carbonyl (C=O) groups is 2. The molecule has 0 unspecified atom stereocenters. The van der Waals surface area contributed by atoms with Gasteiger partial charge in [0.05, 0.1) is 11.0 Å². The summed E-state index contributed by atoms with van der Waals surface area (Å²) in [4.78, 5) is 37.3. The van der Waals surface area contributed by atoms with Gasteiger partial charge >= 0.3 is 5.69 Å². The molecule has 0 radical (unpaired) electrons. The van der Waals surface area contributed by atoms with Crippen molar-refractivity contribution in [1.29, 1.82) is 0 Å². The number of hydrogen-bond donors (Lipinski definition) is 1. The number of benzene rings is 1. The molecule has 1 aliphatic rings. The molecule has 0 aliphatic carbocycles. The largest absolute Gasteiger partial charge is 0.396 e. The van der Waals surface area contributed by atoms with Gasteiger partial charge in [0.15, 0.2) is 0 Å². The molecule has 1 aromatic heterocycles. The standard InChI is InChI=1S/C22H31N3O4/c1-23-19-16-17(10-7-5-3-2-4-6-8-15-26)13-14-18(19)24(22(23)29)25-20(27)11-9-12-21(25)28/h13-14,16,26H,2-12,15H2,1H3. The van der Waals surface area contributed by atoms with Crippen LogP contribution >= 0.6 is 0 Å². The Bertz CT molecular complexity index is 912. The molecular formula is C22H31N3O4. The highest BCUT2D eigenvalue weighted by molar-refractivity contribution is 6.10. The van der Waals surface area contributed by atoms with E-state index in [0.29, 0.717) is 11.9 Å². The average molecular weight is 402 g/mol. The number of carbonyl (C=O) groups excluding carboxylic acids is 2. The maximum atomic E-state index is 12.8. The first-order chi connectivity index (χ1) is 14.0. The Morgan fingerprint density at radius 2 is 1.48 bits per heavy atom. The van der Waals surface area contributed by atoms with Crippen molar-refractivity contribution in [3.8, 4) is 0 Å². The molecular weight excluding hydrogens is 370 g/mol. The number of fused-ring (bicyclic) bond motifs is 1. The highest BCUT2D eigenvalue weighted by Crippen LogP contribution is 2.20. The molecule has 7 heteroatoms. The van der Waals surface area contributed by atoms with Gasteiger partial charge in [-0.3, -0.25) is 14.2 Å². The van der Waals surface area contributed by atoms with Gasteiger partial charge in [-0.05, 0) is 43.4 Å². The van der Waals surface area contributed by atoms with E-state index in [1.54, 1.807) is 7.05 Å². The summed E-state index contributed by atoms with van der Waals surface area (Å²) < 4.78 is 2.74. The monoisotopic (exact) mass is 401 g/mol. The second-order valence-electron chi connectivity index (χ2n) is 7.88. The number of imide groups is 1. The van der Waals surface area contributed by atoms with E-state index in [4.69, 9.17) is 5.11 Å². The molecule has 2 amide bonds. The number of aryl methyl sites for hydroxylation is 2. The lowest BCUT2D eigenvalue weighted by molar-refractivity contribution is -0.131. The van der Waals surface area contributed by atoms with Crippen molar-refractivity contribution in [3.63, 3.8) is 0 Å². The summed E-state index contributed by atoms with van der Waals surface area (Å²) in [6.45, 7) is 0.285. The number of rotatable bonds is 10. The highest BCUT2D eigenvalue weighted by Gasteiger charge is 2.31. The highest BCUT2D eigenvalue weighted by atomic mass is 16.3. The van der Waals surface area contributed by atoms with Crippen LogP contribution in [0.15, 0.2) is 23.0 Å². The normalized spacial score (nSPS) is 14.9. The van der Waals surface area contributed by atoms with E-state index in [2.05, 4.69) is 0 Å². The van der Waals surface area contributed by atoms with Gasteiger partial charge in [0.1, 0.15) is 0 Å². The van der Waals surface area contributed by atoms with E-state index in [1.165, 1.54) is 28.5 Å². The Kier molecular flexibility index (Phi) is 7.25. The van der Waals surface area contributed by atoms with Crippen LogP contribution < -0.4 is 10.7 Å². The molecule has 0 atom stereocenters. The number of unbranched alkanes of at least 4 members (excludes halogenated alkanes) is 6. The minimum absolute atomic E-state index is 0.284. The average Bonchev–Trinajstić information content (AvgIpc) is 2.95. The van der Waals surface area contributed by atoms with E-state index in [1.807, 2.05) is 18.2 Å². The number of hydrogen-bond acceptors (Lipinski definition) is 4. The third-order valence-corrected chi connectivity index (χ3v) is 5.67. The maximum Gasteiger partial charge on any atom is 0.348 e. The molecule has 1 aliphatic heterocycles. The minimum atomic E-state index is -0.372. The molecule has 1 aromatic carbocycles. The summed E-state index contributed by atoms with van der Waals surface area (Å²) in [5.41, 5.74) is 2.11. The molecule has 7 nitrogen and oxygen atoms in total. The molecule has 29 heavy (non-hydrogen) atoms. The van der Waals surface area contributed by atoms with Gasteiger partial charge < -0.3 is 5.11 Å². The van der Waals surface area contributed by atoms with Crippen LogP contribution in [0, 0.1) is 0 Å². The van der Waals surface area contributed by atoms with Crippen molar-refractivity contribution in [1.82, 2.24) is 9.24 Å². The maximum absolute atomic E-state index is 12.8. The number of amides is 2. The molecule has 1 N–H and O–H groups in total. The van der Waals surface area contributed by atoms with Crippen molar-refractivity contribution in [2.45, 2.75) is 70.6 Å². The summed E-state index contributed by atoms with van der Waals surface area (Å²) in [6.07, 6.45) is 9.86. The fraction of sp³-hybridized carbons (Fsp3) is 0.591. The number of aliphatic hydroxyl groups is 1. The molecule has 1 saturated heterocycles. The zero-order valence-electron chi connectivity index (χ0n) is 17.2. The van der Waals surface area contributed by atoms with Crippen LogP contribution in [0.1, 0.15) is 69.8 Å². The van der Waals surface area contributed by atoms with Crippen LogP contribution in [-0.4, -0.2) is 32.8 Å². The molecule has 0 saturated carbocycles. The summed E-state index contributed by atoms with van der Waals surface area (Å²) in [5.74, 6) is -0.641. The van der Waals surface area contributed by atoms with E-state index < -0.39 is 0 Å². The lowest BCUT2D eigenvalue weighted by atomic mass is 10.0. The van der Waals surface area contributed by atoms with Crippen LogP contribution in [0.4, 0.5) is 0 Å². The fourth-order valence-corrected chi connectivity index (χ4v) is 4.00. The zero-order valence-corrected chi connectivity index (χ0v) is 17.2. The number of aromatic nitrogens is 2. The van der Waals surface area contributed by atoms with Crippen molar-refractivity contribution in [3.05, 3.63) is 34.2 Å². The van der Waals surface area contributed by atoms with Gasteiger partial charge in [0.2, 0.25) is 11.8 Å². The third kappa shape index (κ3) is 4.78. The van der Waals surface area contributed by atoms with Gasteiger partial charge in [-0.15, -0.1) is 0 Å². The summed E-state index contributed by atoms with van der Waals surface area (Å²) in [7, 11) is 1.68. The van der Waals surface area contributed by atoms with E-state index in [-0.39, 0.29) is 37.0 Å². The van der Waals surface area contributed by atoms with Gasteiger partial charge in [-0.25, -0.2) is 4.79 Å². The van der Waals surface area contributed by atoms with Gasteiger partial charge in [0, 0.05) is 26.5 Å². The Morgan fingerprint density at radius 1 is 0.862 bits per heavy atom. The lowest BCUT2D eigenvalue weighted by Gasteiger charge is -2.25. The van der Waals surface area contributed by atoms with Crippen LogP contribution in [-0.2, 0) is 23.1 Å². The van der Waals surface area contributed by atoms with Crippen LogP contribution in [0.25, 0.3) is 11.0 Å². The molecule has 1 fully saturated rings. The first-order valence-electron chi connectivity index (χ1n) is 10.7. The molecule has 0 spiro atoms. The molecule has 3 rings (SSSR count). The zero-order chi connectivity index (χ0) is 20.8. The van der Waals surface area contributed by atoms with Gasteiger partial charge in [0.25, 0.3) is 0 Å². The van der Waals surface area contributed by atoms with Crippen molar-refractivity contribution < 1.29 is 14.7 Å². The quantitative estimate of drug-likeness (QED) is 0.490. The van der Waals surface area contributed by atoms with Crippen molar-refractivity contribution >= 4 is 22.8 Å². The van der Waals surface area contributed by atoms with Crippen LogP contribution in [0.3, 0.4) is 0 Å². The topological polar surface area (TPSA) is 84.5 Å². The summed E-state index contributed by atoms with van der Waals surface area (Å²) in [5, 5.41) is 9.81. The molecule has 2 aromatic rings. The smallest absolute Gasteiger partial charge is 0.348 e. The first kappa shape index (κ1) is 21.3. The third-order valence-electron chi connectivity index (χ3n) is 5.67.